The molecule has 0 spiro atoms. The van der Waals surface area contributed by atoms with E-state index in [9.17, 15) is 17.6 Å². The quantitative estimate of drug-likeness (QED) is 0.812. The number of nitrogens with one attached hydrogen (secondary N) is 1. The fourth-order valence-corrected chi connectivity index (χ4v) is 7.11. The van der Waals surface area contributed by atoms with Gasteiger partial charge in [-0.15, -0.1) is 0 Å². The molecule has 0 aliphatic heterocycles. The zero-order valence-corrected chi connectivity index (χ0v) is 17.6. The Kier molecular flexibility index (Phi) is 4.82. The van der Waals surface area contributed by atoms with Crippen molar-refractivity contribution >= 4 is 15.9 Å². The highest BCUT2D eigenvalue weighted by molar-refractivity contribution is 7.89. The van der Waals surface area contributed by atoms with Gasteiger partial charge in [-0.05, 0) is 86.8 Å². The van der Waals surface area contributed by atoms with Crippen molar-refractivity contribution in [1.82, 2.24) is 9.62 Å². The average Bonchev–Trinajstić information content (AvgIpc) is 2.60. The van der Waals surface area contributed by atoms with Gasteiger partial charge in [0, 0.05) is 20.1 Å². The van der Waals surface area contributed by atoms with Crippen LogP contribution in [0.3, 0.4) is 0 Å². The SMILES string of the molecule is C[C@@H](NC(=O)c1cc(S(=O)(=O)N(C)C)ccc1F)C12CC3CC(CC(C3)C1)C2. The highest BCUT2D eigenvalue weighted by Crippen LogP contribution is 2.61. The third kappa shape index (κ3) is 3.26. The van der Waals surface area contributed by atoms with Gasteiger partial charge in [0.2, 0.25) is 10.0 Å². The standard InChI is InChI=1S/C21H29FN2O3S/c1-13(21-10-14-6-15(11-21)8-16(7-14)12-21)23-20(25)18-9-17(4-5-19(18)22)28(26,27)24(2)3/h4-5,9,13-16H,6-8,10-12H2,1-3H3,(H,23,25)/t13-,14?,15?,16?,21?/m1/s1. The molecule has 4 aliphatic rings. The fraction of sp³-hybridized carbons (Fsp3) is 0.667. The second kappa shape index (κ2) is 6.80. The summed E-state index contributed by atoms with van der Waals surface area (Å²) in [6, 6.07) is 3.35. The first-order valence-electron chi connectivity index (χ1n) is 10.1. The molecular formula is C21H29FN2O3S. The van der Waals surface area contributed by atoms with Crippen LogP contribution in [0.5, 0.6) is 0 Å². The third-order valence-electron chi connectivity index (χ3n) is 7.31. The maximum atomic E-state index is 14.4. The molecule has 1 amide bonds. The van der Waals surface area contributed by atoms with E-state index in [1.54, 1.807) is 0 Å². The first kappa shape index (κ1) is 19.8. The van der Waals surface area contributed by atoms with Gasteiger partial charge < -0.3 is 5.32 Å². The Morgan fingerprint density at radius 3 is 2.18 bits per heavy atom. The Balaban J connectivity index is 1.56. The molecule has 0 unspecified atom stereocenters. The topological polar surface area (TPSA) is 66.5 Å². The summed E-state index contributed by atoms with van der Waals surface area (Å²) in [5.41, 5.74) is -0.103. The summed E-state index contributed by atoms with van der Waals surface area (Å²) in [6.07, 6.45) is 7.37. The van der Waals surface area contributed by atoms with Crippen molar-refractivity contribution in [2.45, 2.75) is 56.4 Å². The molecule has 4 bridgehead atoms. The largest absolute Gasteiger partial charge is 0.349 e. The molecule has 0 saturated heterocycles. The molecule has 7 heteroatoms. The minimum atomic E-state index is -3.73. The number of halogens is 1. The van der Waals surface area contributed by atoms with E-state index in [2.05, 4.69) is 5.32 Å². The second-order valence-corrected chi connectivity index (χ2v) is 11.6. The molecule has 0 aromatic heterocycles. The lowest BCUT2D eigenvalue weighted by Gasteiger charge is -2.59. The number of nitrogens with zero attached hydrogens (tertiary/aromatic N) is 1. The van der Waals surface area contributed by atoms with Crippen LogP contribution in [0, 0.1) is 29.0 Å². The summed E-state index contributed by atoms with van der Waals surface area (Å²) < 4.78 is 40.1. The number of hydrogen-bond acceptors (Lipinski definition) is 3. The summed E-state index contributed by atoms with van der Waals surface area (Å²) in [5.74, 6) is 1.05. The van der Waals surface area contributed by atoms with Crippen LogP contribution in [0.1, 0.15) is 55.8 Å². The van der Waals surface area contributed by atoms with Crippen LogP contribution in [-0.2, 0) is 10.0 Å². The summed E-state index contributed by atoms with van der Waals surface area (Å²) in [5, 5.41) is 3.01. The van der Waals surface area contributed by atoms with Gasteiger partial charge in [-0.25, -0.2) is 17.1 Å². The molecule has 4 aliphatic carbocycles. The van der Waals surface area contributed by atoms with Crippen molar-refractivity contribution in [2.75, 3.05) is 14.1 Å². The van der Waals surface area contributed by atoms with Gasteiger partial charge in [-0.3, -0.25) is 4.79 Å². The lowest BCUT2D eigenvalue weighted by atomic mass is 9.48. The molecule has 4 fully saturated rings. The molecule has 5 nitrogen and oxygen atoms in total. The van der Waals surface area contributed by atoms with Crippen LogP contribution in [-0.4, -0.2) is 38.8 Å². The maximum Gasteiger partial charge on any atom is 0.254 e. The van der Waals surface area contributed by atoms with Crippen molar-refractivity contribution in [2.24, 2.45) is 23.2 Å². The van der Waals surface area contributed by atoms with Crippen LogP contribution in [0.15, 0.2) is 23.1 Å². The molecule has 1 atom stereocenters. The Bertz CT molecular complexity index is 862. The number of carbonyl (C=O) groups excluding carboxylic acids is 1. The normalized spacial score (nSPS) is 32.5. The van der Waals surface area contributed by atoms with Gasteiger partial charge in [0.15, 0.2) is 0 Å². The molecule has 5 rings (SSSR count). The molecule has 1 N–H and O–H groups in total. The summed E-state index contributed by atoms with van der Waals surface area (Å²) in [4.78, 5) is 12.8. The van der Waals surface area contributed by atoms with Gasteiger partial charge in [-0.1, -0.05) is 0 Å². The summed E-state index contributed by atoms with van der Waals surface area (Å²) in [6.45, 7) is 2.03. The number of hydrogen-bond donors (Lipinski definition) is 1. The Hall–Kier alpha value is -1.47. The number of carbonyl (C=O) groups is 1. The van der Waals surface area contributed by atoms with Crippen molar-refractivity contribution in [3.05, 3.63) is 29.6 Å². The maximum absolute atomic E-state index is 14.4. The smallest absolute Gasteiger partial charge is 0.254 e. The molecule has 0 heterocycles. The van der Waals surface area contributed by atoms with Crippen molar-refractivity contribution in [3.63, 3.8) is 0 Å². The van der Waals surface area contributed by atoms with E-state index in [-0.39, 0.29) is 21.9 Å². The van der Waals surface area contributed by atoms with Crippen LogP contribution in [0.25, 0.3) is 0 Å². The predicted molar refractivity (Wildman–Crippen MR) is 105 cm³/mol. The number of benzene rings is 1. The van der Waals surface area contributed by atoms with Crippen LogP contribution in [0.4, 0.5) is 4.39 Å². The Morgan fingerprint density at radius 2 is 1.68 bits per heavy atom. The van der Waals surface area contributed by atoms with Gasteiger partial charge in [0.05, 0.1) is 10.5 Å². The van der Waals surface area contributed by atoms with E-state index in [4.69, 9.17) is 0 Å². The Labute approximate surface area is 166 Å². The first-order chi connectivity index (χ1) is 13.1. The molecule has 0 radical (unpaired) electrons. The molecular weight excluding hydrogens is 379 g/mol. The van der Waals surface area contributed by atoms with Crippen molar-refractivity contribution < 1.29 is 17.6 Å². The fourth-order valence-electron chi connectivity index (χ4n) is 6.19. The van der Waals surface area contributed by atoms with E-state index in [1.807, 2.05) is 6.92 Å². The first-order valence-corrected chi connectivity index (χ1v) is 11.6. The number of rotatable bonds is 5. The van der Waals surface area contributed by atoms with Crippen molar-refractivity contribution in [1.29, 1.82) is 0 Å². The average molecular weight is 409 g/mol. The number of sulfonamides is 1. The van der Waals surface area contributed by atoms with E-state index >= 15 is 0 Å². The van der Waals surface area contributed by atoms with E-state index < -0.39 is 21.7 Å². The van der Waals surface area contributed by atoms with Crippen molar-refractivity contribution in [3.8, 4) is 0 Å². The molecule has 4 saturated carbocycles. The predicted octanol–water partition coefficient (Wildman–Crippen LogP) is 3.41. The Morgan fingerprint density at radius 1 is 1.14 bits per heavy atom. The molecule has 1 aromatic carbocycles. The highest BCUT2D eigenvalue weighted by Gasteiger charge is 2.53. The van der Waals surface area contributed by atoms with E-state index in [1.165, 1.54) is 39.4 Å². The zero-order chi connectivity index (χ0) is 20.3. The highest BCUT2D eigenvalue weighted by atomic mass is 32.2. The lowest BCUT2D eigenvalue weighted by Crippen LogP contribution is -2.55. The van der Waals surface area contributed by atoms with E-state index in [0.29, 0.717) is 0 Å². The zero-order valence-electron chi connectivity index (χ0n) is 16.7. The molecule has 154 valence electrons. The van der Waals surface area contributed by atoms with Gasteiger partial charge in [0.1, 0.15) is 5.82 Å². The van der Waals surface area contributed by atoms with Gasteiger partial charge in [0.25, 0.3) is 5.91 Å². The van der Waals surface area contributed by atoms with Gasteiger partial charge in [-0.2, -0.15) is 0 Å². The van der Waals surface area contributed by atoms with Crippen LogP contribution >= 0.6 is 0 Å². The second-order valence-electron chi connectivity index (χ2n) is 9.40. The molecule has 1 aromatic rings. The molecule has 28 heavy (non-hydrogen) atoms. The van der Waals surface area contributed by atoms with Crippen LogP contribution in [0.2, 0.25) is 0 Å². The summed E-state index contributed by atoms with van der Waals surface area (Å²) in [7, 11) is -0.908. The monoisotopic (exact) mass is 408 g/mol. The summed E-state index contributed by atoms with van der Waals surface area (Å²) >= 11 is 0. The van der Waals surface area contributed by atoms with Gasteiger partial charge >= 0.3 is 0 Å². The minimum absolute atomic E-state index is 0.0538. The minimum Gasteiger partial charge on any atom is -0.349 e. The van der Waals surface area contributed by atoms with Crippen LogP contribution < -0.4 is 5.32 Å². The third-order valence-corrected chi connectivity index (χ3v) is 9.12. The number of amides is 1. The lowest BCUT2D eigenvalue weighted by molar-refractivity contribution is -0.0688. The van der Waals surface area contributed by atoms with E-state index in [0.717, 1.165) is 53.5 Å².